The summed E-state index contributed by atoms with van der Waals surface area (Å²) in [6, 6.07) is 0. The number of unbranched alkanes of at least 4 members (excludes halogenated alkanes) is 23. The van der Waals surface area contributed by atoms with E-state index in [1.807, 2.05) is 0 Å². The molecule has 1 saturated carbocycles. The SMILES string of the molecule is CCCCC/C=C\C/C=C\C/C=C\C/C=C\CCCCCC(=O)O[C@H](COCCCCCCCCCCCCCCCCCCCC)COP(=O)(O)OC1C(O)C(O)C(O)[C@@H](O)C1O. The molecule has 0 radical (unpaired) electrons. The fourth-order valence-corrected chi connectivity index (χ4v) is 8.61. The van der Waals surface area contributed by atoms with E-state index in [1.165, 1.54) is 122 Å². The van der Waals surface area contributed by atoms with Gasteiger partial charge in [-0.15, -0.1) is 0 Å². The number of hydrogen-bond acceptors (Lipinski definition) is 11. The Bertz CT molecular complexity index is 1240. The lowest BCUT2D eigenvalue weighted by molar-refractivity contribution is -0.220. The zero-order valence-corrected chi connectivity index (χ0v) is 41.0. The standard InChI is InChI=1S/C51H93O12P/c1-3-5-7-9-11-13-15-17-19-21-23-24-26-28-30-32-34-36-38-40-45(52)62-44(43-61-64(58,59)63-51-49(56)47(54)46(53)48(55)50(51)57)42-60-41-39-37-35-33-31-29-27-25-22-20-18-16-14-12-10-8-6-4-2/h11,13,17,19,23-24,28,30,44,46-51,53-57H,3-10,12,14-16,18,20-22,25-27,29,31-43H2,1-2H3,(H,58,59)/b13-11-,19-17-,24-23-,30-28-/t44-,46?,47-,48?,49?,50?,51?/m1/s1. The summed E-state index contributed by atoms with van der Waals surface area (Å²) in [7, 11) is -5.03. The minimum absolute atomic E-state index is 0.0882. The molecule has 13 heteroatoms. The van der Waals surface area contributed by atoms with Crippen LogP contribution in [0, 0.1) is 0 Å². The van der Waals surface area contributed by atoms with E-state index in [4.69, 9.17) is 18.5 Å². The Morgan fingerprint density at radius 3 is 1.34 bits per heavy atom. The maximum atomic E-state index is 12.8. The summed E-state index contributed by atoms with van der Waals surface area (Å²) in [5.74, 6) is -0.505. The van der Waals surface area contributed by atoms with Gasteiger partial charge in [-0.25, -0.2) is 4.57 Å². The number of carbonyl (C=O) groups is 1. The minimum atomic E-state index is -5.03. The number of hydrogen-bond donors (Lipinski definition) is 6. The first-order valence-electron chi connectivity index (χ1n) is 25.5. The fourth-order valence-electron chi connectivity index (χ4n) is 7.63. The number of ether oxygens (including phenoxy) is 2. The first-order chi connectivity index (χ1) is 31.0. The predicted molar refractivity (Wildman–Crippen MR) is 258 cm³/mol. The maximum Gasteiger partial charge on any atom is 0.472 e. The summed E-state index contributed by atoms with van der Waals surface area (Å²) in [6.45, 7) is 4.22. The molecule has 64 heavy (non-hydrogen) atoms. The van der Waals surface area contributed by atoms with E-state index in [2.05, 4.69) is 62.5 Å². The van der Waals surface area contributed by atoms with Crippen LogP contribution in [0.2, 0.25) is 0 Å². The Balaban J connectivity index is 2.38. The second-order valence-corrected chi connectivity index (χ2v) is 19.1. The largest absolute Gasteiger partial charge is 0.472 e. The van der Waals surface area contributed by atoms with Crippen molar-refractivity contribution in [3.63, 3.8) is 0 Å². The number of carbonyl (C=O) groups excluding carboxylic acids is 1. The molecule has 0 amide bonds. The molecule has 0 aliphatic heterocycles. The summed E-state index contributed by atoms with van der Waals surface area (Å²) in [4.78, 5) is 23.2. The van der Waals surface area contributed by atoms with Gasteiger partial charge >= 0.3 is 13.8 Å². The van der Waals surface area contributed by atoms with Gasteiger partial charge in [0.25, 0.3) is 0 Å². The quantitative estimate of drug-likeness (QED) is 0.0147. The van der Waals surface area contributed by atoms with E-state index in [1.54, 1.807) is 0 Å². The van der Waals surface area contributed by atoms with Crippen molar-refractivity contribution in [1.29, 1.82) is 0 Å². The van der Waals surface area contributed by atoms with Crippen LogP contribution in [0.3, 0.4) is 0 Å². The van der Waals surface area contributed by atoms with Crippen molar-refractivity contribution >= 4 is 13.8 Å². The van der Waals surface area contributed by atoms with Gasteiger partial charge < -0.3 is 39.9 Å². The van der Waals surface area contributed by atoms with Crippen LogP contribution >= 0.6 is 7.82 Å². The summed E-state index contributed by atoms with van der Waals surface area (Å²) in [5.41, 5.74) is 0. The number of aliphatic hydroxyl groups is 5. The monoisotopic (exact) mass is 929 g/mol. The fraction of sp³-hybridized carbons (Fsp3) is 0.824. The predicted octanol–water partition coefficient (Wildman–Crippen LogP) is 11.2. The first kappa shape index (κ1) is 60.3. The molecule has 1 rings (SSSR count). The molecule has 1 aliphatic carbocycles. The molecule has 374 valence electrons. The normalized spacial score (nSPS) is 22.1. The van der Waals surface area contributed by atoms with Gasteiger partial charge in [0.05, 0.1) is 13.2 Å². The Morgan fingerprint density at radius 1 is 0.500 bits per heavy atom. The summed E-state index contributed by atoms with van der Waals surface area (Å²) >= 11 is 0. The third-order valence-electron chi connectivity index (χ3n) is 11.7. The molecular weight excluding hydrogens is 836 g/mol. The molecule has 1 aliphatic rings. The van der Waals surface area contributed by atoms with Crippen molar-refractivity contribution in [3.05, 3.63) is 48.6 Å². The Kier molecular flexibility index (Phi) is 39.1. The van der Waals surface area contributed by atoms with Crippen LogP contribution in [-0.2, 0) is 27.9 Å². The Labute approximate surface area is 388 Å². The van der Waals surface area contributed by atoms with Gasteiger partial charge in [0.2, 0.25) is 0 Å². The van der Waals surface area contributed by atoms with Crippen molar-refractivity contribution in [1.82, 2.24) is 0 Å². The van der Waals surface area contributed by atoms with Crippen molar-refractivity contribution in [2.45, 2.75) is 249 Å². The van der Waals surface area contributed by atoms with E-state index >= 15 is 0 Å². The molecule has 0 bridgehead atoms. The Hall–Kier alpha value is -1.70. The van der Waals surface area contributed by atoms with Crippen LogP contribution in [-0.4, -0.2) is 98.9 Å². The average molecular weight is 929 g/mol. The van der Waals surface area contributed by atoms with Gasteiger partial charge in [0.15, 0.2) is 0 Å². The average Bonchev–Trinajstić information content (AvgIpc) is 3.28. The molecule has 0 heterocycles. The highest BCUT2D eigenvalue weighted by molar-refractivity contribution is 7.47. The van der Waals surface area contributed by atoms with E-state index < -0.39 is 63.1 Å². The van der Waals surface area contributed by atoms with Gasteiger partial charge in [-0.2, -0.15) is 0 Å². The van der Waals surface area contributed by atoms with E-state index in [0.717, 1.165) is 57.8 Å². The highest BCUT2D eigenvalue weighted by Gasteiger charge is 2.51. The van der Waals surface area contributed by atoms with E-state index in [-0.39, 0.29) is 13.0 Å². The molecule has 1 fully saturated rings. The number of phosphoric ester groups is 1. The number of phosphoric acid groups is 1. The topological polar surface area (TPSA) is 192 Å². The van der Waals surface area contributed by atoms with Gasteiger partial charge in [0, 0.05) is 13.0 Å². The molecule has 12 nitrogen and oxygen atoms in total. The van der Waals surface area contributed by atoms with Crippen molar-refractivity contribution < 1.29 is 58.3 Å². The highest BCUT2D eigenvalue weighted by Crippen LogP contribution is 2.47. The van der Waals surface area contributed by atoms with Gasteiger partial charge in [-0.05, 0) is 57.8 Å². The van der Waals surface area contributed by atoms with Crippen LogP contribution in [0.5, 0.6) is 0 Å². The van der Waals surface area contributed by atoms with Gasteiger partial charge in [-0.3, -0.25) is 13.8 Å². The van der Waals surface area contributed by atoms with Gasteiger partial charge in [0.1, 0.15) is 42.7 Å². The molecule has 0 aromatic rings. The first-order valence-corrected chi connectivity index (χ1v) is 27.0. The van der Waals surface area contributed by atoms with E-state index in [0.29, 0.717) is 13.0 Å². The zero-order valence-electron chi connectivity index (χ0n) is 40.1. The third kappa shape index (κ3) is 32.9. The minimum Gasteiger partial charge on any atom is -0.457 e. The van der Waals surface area contributed by atoms with E-state index in [9.17, 15) is 39.8 Å². The molecular formula is C51H93O12P. The van der Waals surface area contributed by atoms with Crippen LogP contribution in [0.15, 0.2) is 48.6 Å². The van der Waals surface area contributed by atoms with Crippen LogP contribution in [0.4, 0.5) is 0 Å². The molecule has 0 aromatic carbocycles. The van der Waals surface area contributed by atoms with Gasteiger partial charge in [-0.1, -0.05) is 191 Å². The second-order valence-electron chi connectivity index (χ2n) is 17.7. The van der Waals surface area contributed by atoms with Crippen molar-refractivity contribution in [3.8, 4) is 0 Å². The Morgan fingerprint density at radius 2 is 0.875 bits per heavy atom. The number of esters is 1. The number of aliphatic hydroxyl groups excluding tert-OH is 5. The molecule has 6 N–H and O–H groups in total. The zero-order chi connectivity index (χ0) is 46.9. The lowest BCUT2D eigenvalue weighted by atomic mass is 9.85. The highest BCUT2D eigenvalue weighted by atomic mass is 31.2. The van der Waals surface area contributed by atoms with Crippen LogP contribution < -0.4 is 0 Å². The molecule has 6 unspecified atom stereocenters. The third-order valence-corrected chi connectivity index (χ3v) is 12.7. The van der Waals surface area contributed by atoms with Crippen molar-refractivity contribution in [2.75, 3.05) is 19.8 Å². The lowest BCUT2D eigenvalue weighted by Crippen LogP contribution is -2.64. The second kappa shape index (κ2) is 41.5. The lowest BCUT2D eigenvalue weighted by Gasteiger charge is -2.41. The smallest absolute Gasteiger partial charge is 0.457 e. The molecule has 0 aromatic heterocycles. The molecule has 0 saturated heterocycles. The summed E-state index contributed by atoms with van der Waals surface area (Å²) in [6.07, 6.45) is 38.9. The van der Waals surface area contributed by atoms with Crippen LogP contribution in [0.25, 0.3) is 0 Å². The summed E-state index contributed by atoms with van der Waals surface area (Å²) in [5, 5.41) is 50.3. The van der Waals surface area contributed by atoms with Crippen molar-refractivity contribution in [2.24, 2.45) is 0 Å². The number of rotatable bonds is 43. The summed E-state index contributed by atoms with van der Waals surface area (Å²) < 4.78 is 34.3. The van der Waals surface area contributed by atoms with Crippen LogP contribution in [0.1, 0.15) is 206 Å². The number of allylic oxidation sites excluding steroid dienone is 8. The maximum absolute atomic E-state index is 12.8. The molecule has 8 atom stereocenters. The molecule has 0 spiro atoms.